The van der Waals surface area contributed by atoms with Gasteiger partial charge in [-0.1, -0.05) is 67.5 Å². The summed E-state index contributed by atoms with van der Waals surface area (Å²) in [6.07, 6.45) is 15.3. The van der Waals surface area contributed by atoms with E-state index < -0.39 is 77.4 Å². The lowest BCUT2D eigenvalue weighted by molar-refractivity contribution is -0.200. The van der Waals surface area contributed by atoms with E-state index in [1.165, 1.54) is 55.3 Å². The number of anilines is 2. The van der Waals surface area contributed by atoms with Crippen LogP contribution in [0.25, 0.3) is 33.5 Å². The summed E-state index contributed by atoms with van der Waals surface area (Å²) in [7, 11) is -2.98. The Bertz CT molecular complexity index is 3700. The highest BCUT2D eigenvalue weighted by atomic mass is 35.5. The van der Waals surface area contributed by atoms with Gasteiger partial charge in [0.25, 0.3) is 0 Å². The fraction of sp³-hybridized carbons (Fsp3) is 0.792. The predicted octanol–water partition coefficient (Wildman–Crippen LogP) is 8.29. The maximum Gasteiger partial charge on any atom is 0.192 e. The summed E-state index contributed by atoms with van der Waals surface area (Å²) < 4.78 is 60.0. The molecule has 4 saturated carbocycles. The second-order valence-corrected chi connectivity index (χ2v) is 40.0. The lowest BCUT2D eigenvalue weighted by atomic mass is 10.1. The summed E-state index contributed by atoms with van der Waals surface area (Å²) in [6, 6.07) is 8.40. The van der Waals surface area contributed by atoms with Gasteiger partial charge in [-0.05, 0) is 154 Å². The molecule has 6 aromatic rings. The number of fused-ring (bicyclic) bond motifs is 5. The largest absolute Gasteiger partial charge is 0.414 e. The topological polar surface area (TPSA) is 432 Å². The number of aliphatic hydroxyl groups is 7. The van der Waals surface area contributed by atoms with E-state index in [-0.39, 0.29) is 82.5 Å². The van der Waals surface area contributed by atoms with Crippen molar-refractivity contribution >= 4 is 73.4 Å². The van der Waals surface area contributed by atoms with Crippen molar-refractivity contribution in [1.82, 2.24) is 58.6 Å². The van der Waals surface area contributed by atoms with Gasteiger partial charge in [0.05, 0.1) is 50.5 Å². The number of aliphatic hydroxyl groups excluding tert-OH is 7. The molecule has 4 aliphatic carbocycles. The van der Waals surface area contributed by atoms with Crippen molar-refractivity contribution in [3.63, 3.8) is 0 Å². The normalized spacial score (nSPS) is 32.4. The summed E-state index contributed by atoms with van der Waals surface area (Å²) in [5.74, 6) is -0.143. The van der Waals surface area contributed by atoms with E-state index in [0.717, 1.165) is 70.0 Å². The first-order valence-electron chi connectivity index (χ1n) is 38.6. The molecule has 0 radical (unpaired) electrons. The minimum atomic E-state index is -1.61. The molecule has 15 rings (SSSR count). The van der Waals surface area contributed by atoms with Gasteiger partial charge < -0.3 is 99.9 Å². The number of nitrogens with zero attached hydrogens (tertiary/aromatic N) is 12. The third-order valence-electron chi connectivity index (χ3n) is 22.2. The summed E-state index contributed by atoms with van der Waals surface area (Å²) in [4.78, 5) is 38.9. The van der Waals surface area contributed by atoms with Crippen LogP contribution in [0.2, 0.25) is 41.4 Å². The zero-order chi connectivity index (χ0) is 76.4. The Labute approximate surface area is 637 Å². The average Bonchev–Trinajstić information content (AvgIpc) is 1.60. The Hall–Kier alpha value is -4.75. The fourth-order valence-electron chi connectivity index (χ4n) is 16.1. The first-order valence-corrected chi connectivity index (χ1v) is 44.0. The second kappa shape index (κ2) is 38.2. The molecule has 9 fully saturated rings. The molecule has 11 heterocycles. The highest BCUT2D eigenvalue weighted by Crippen LogP contribution is 2.46. The molecule has 6 aromatic heterocycles. The molecular weight excluding hydrogens is 1440 g/mol. The number of nitrogens with one attached hydrogen (secondary N) is 2. The van der Waals surface area contributed by atoms with Crippen molar-refractivity contribution in [1.29, 1.82) is 0 Å². The van der Waals surface area contributed by atoms with Crippen molar-refractivity contribution in [3.8, 4) is 0 Å². The number of imidazole rings is 3. The standard InChI is InChI=1S/C24H39N5O5Si.C16H23N5O4.C13H15ClN4O4.C11H25NOSi.C5H11NO.C2H6O.CH4.H2/c1-6-35(7-2,8-3)34-16-10-9-15(11-16)28-21-18-22(26-13-25-21)29(14-27-18)23-20-19(17(12-30)31-23)32-24(4,5)33-20;1-2-10-12(23)13(24)16(25-10)21-7-19-11-14(17-6-18-15(11)21)20-8-3-4-9(22)5-8;1-13(2)21-8-6(3-19)20-12(9(8)22-13)18-5-17-7-10(14)15-4-16-11(7)18;1-4-14(5-2,6-3)13-11-8-7-10(12)9-11;6-4-1-2-5(7)3-4;1-2-3;;/h13-17,19-20,23,30H,6-12H2,1-5H3,(H,25,26,28);6-10,12-13,16,22-24H,2-5H2,1H3,(H,17,18,20);4-6,8-9,12,19H,3H2,1-2H3;10-11H,4-9,12H2,1-3H3;4-5,7H,1-3,6H2;3H,2H2,1H3;1H4;1H/i;;;;;;;1+1. The molecule has 20 unspecified atom stereocenters. The third-order valence-corrected chi connectivity index (χ3v) is 31.9. The molecule has 32 nitrogen and oxygen atoms in total. The van der Waals surface area contributed by atoms with Gasteiger partial charge in [-0.15, -0.1) is 0 Å². The number of rotatable bonds is 20. The Balaban J connectivity index is 0.000000179. The fourth-order valence-corrected chi connectivity index (χ4v) is 22.1. The Morgan fingerprint density at radius 1 is 0.486 bits per heavy atom. The Kier molecular flexibility index (Phi) is 30.8. The minimum Gasteiger partial charge on any atom is -0.414 e. The maximum absolute atomic E-state index is 10.3. The number of ether oxygens (including phenoxy) is 7. The molecule has 0 spiro atoms. The first kappa shape index (κ1) is 86.2. The van der Waals surface area contributed by atoms with Crippen molar-refractivity contribution in [3.05, 3.63) is 43.1 Å². The Morgan fingerprint density at radius 3 is 1.27 bits per heavy atom. The predicted molar refractivity (Wildman–Crippen MR) is 411 cm³/mol. The van der Waals surface area contributed by atoms with Gasteiger partial charge in [-0.3, -0.25) is 13.7 Å². The molecule has 0 aromatic carbocycles. The summed E-state index contributed by atoms with van der Waals surface area (Å²) in [5, 5.41) is 73.0. The van der Waals surface area contributed by atoms with E-state index in [2.05, 4.69) is 97.0 Å². The molecule has 0 amide bonds. The van der Waals surface area contributed by atoms with Crippen LogP contribution in [0.3, 0.4) is 0 Å². The van der Waals surface area contributed by atoms with E-state index in [4.69, 9.17) is 75.3 Å². The maximum atomic E-state index is 10.3. The van der Waals surface area contributed by atoms with Gasteiger partial charge in [0.2, 0.25) is 0 Å². The lowest BCUT2D eigenvalue weighted by Gasteiger charge is -2.31. The van der Waals surface area contributed by atoms with Gasteiger partial charge >= 0.3 is 0 Å². The van der Waals surface area contributed by atoms with E-state index in [0.29, 0.717) is 76.4 Å². The SMILES string of the molecule is C.CC1(C)OC2C(CO)OC(n3cnc4c(Cl)ncnc43)C2O1.CCC1OC(n2cnc3c(NC4CCC(O)C4)ncnc32)C(O)C1O.CCO.CC[Si](CC)(CC)OC1CCC(N)C1.CC[Si](CC)(CC)OC1CCC(Nc2ncnc3c2ncn3C2OC(CO)C3OC(C)(C)OC32)C1.NC1CCC(O)C1.[2HH]. The van der Waals surface area contributed by atoms with Gasteiger partial charge in [-0.2, -0.15) is 0 Å². The van der Waals surface area contributed by atoms with Crippen molar-refractivity contribution in [2.75, 3.05) is 30.5 Å². The van der Waals surface area contributed by atoms with Crippen molar-refractivity contribution in [2.45, 2.75) is 344 Å². The zero-order valence-corrected chi connectivity index (χ0v) is 66.5. The lowest BCUT2D eigenvalue weighted by Crippen LogP contribution is -2.39. The second-order valence-electron chi connectivity index (χ2n) is 30.2. The van der Waals surface area contributed by atoms with Crippen LogP contribution in [-0.2, 0) is 42.0 Å². The molecule has 20 atom stereocenters. The van der Waals surface area contributed by atoms with Crippen LogP contribution >= 0.6 is 11.6 Å². The van der Waals surface area contributed by atoms with Gasteiger partial charge in [0.15, 0.2) is 91.7 Å². The quantitative estimate of drug-likeness (QED) is 0.0253. The van der Waals surface area contributed by atoms with Crippen LogP contribution in [0.15, 0.2) is 38.0 Å². The molecule has 9 aliphatic rings. The van der Waals surface area contributed by atoms with E-state index in [9.17, 15) is 25.5 Å². The molecule has 107 heavy (non-hydrogen) atoms. The zero-order valence-electron chi connectivity index (χ0n) is 63.8. The van der Waals surface area contributed by atoms with E-state index >= 15 is 0 Å². The summed E-state index contributed by atoms with van der Waals surface area (Å²) >= 11 is 6.03. The van der Waals surface area contributed by atoms with Gasteiger partial charge in [-0.25, -0.2) is 44.9 Å². The van der Waals surface area contributed by atoms with Crippen LogP contribution in [0, 0.1) is 0 Å². The van der Waals surface area contributed by atoms with E-state index in [1.54, 1.807) is 41.4 Å². The van der Waals surface area contributed by atoms with Crippen LogP contribution in [-0.4, -0.2) is 246 Å². The van der Waals surface area contributed by atoms with Crippen molar-refractivity contribution < 1.29 is 79.2 Å². The summed E-state index contributed by atoms with van der Waals surface area (Å²) in [5.41, 5.74) is 14.9. The molecule has 5 aliphatic heterocycles. The molecule has 5 saturated heterocycles. The number of halogens is 1. The molecule has 604 valence electrons. The molecule has 0 bridgehead atoms. The number of nitrogens with two attached hydrogens (primary N) is 2. The first-order chi connectivity index (χ1) is 50.7. The highest BCUT2D eigenvalue weighted by Gasteiger charge is 2.58. The molecular formula is C72H125ClN16O16Si2. The number of hydrogen-bond donors (Lipinski definition) is 11. The minimum absolute atomic E-state index is 0. The van der Waals surface area contributed by atoms with Crippen LogP contribution in [0.4, 0.5) is 11.6 Å². The number of aromatic nitrogens is 12. The van der Waals surface area contributed by atoms with Gasteiger partial charge in [0, 0.05) is 44.4 Å². The Morgan fingerprint density at radius 2 is 0.869 bits per heavy atom. The third kappa shape index (κ3) is 20.2. The van der Waals surface area contributed by atoms with E-state index in [1.807, 2.05) is 39.2 Å². The summed E-state index contributed by atoms with van der Waals surface area (Å²) in [6.45, 7) is 24.6. The molecule has 35 heteroatoms. The van der Waals surface area contributed by atoms with Gasteiger partial charge in [0.1, 0.15) is 73.3 Å². The van der Waals surface area contributed by atoms with Crippen LogP contribution < -0.4 is 22.1 Å². The smallest absolute Gasteiger partial charge is 0.192 e. The highest BCUT2D eigenvalue weighted by molar-refractivity contribution is 6.74. The van der Waals surface area contributed by atoms with Crippen molar-refractivity contribution in [2.24, 2.45) is 11.5 Å². The number of hydrogen-bond acceptors (Lipinski definition) is 29. The molecule has 13 N–H and O–H groups in total. The van der Waals surface area contributed by atoms with Crippen LogP contribution in [0.1, 0.15) is 194 Å². The van der Waals surface area contributed by atoms with Crippen LogP contribution in [0.5, 0.6) is 0 Å². The monoisotopic (exact) mass is 1560 g/mol. The average molecular weight is 1560 g/mol.